The molecule has 1 N–H and O–H groups in total. The molecular formula is C15H18N2O2. The van der Waals surface area contributed by atoms with E-state index in [1.165, 1.54) is 5.57 Å². The zero-order valence-corrected chi connectivity index (χ0v) is 11.1. The van der Waals surface area contributed by atoms with Gasteiger partial charge in [-0.25, -0.2) is 0 Å². The number of carbonyl (C=O) groups is 1. The van der Waals surface area contributed by atoms with Crippen molar-refractivity contribution >= 4 is 11.6 Å². The van der Waals surface area contributed by atoms with Crippen LogP contribution in [0, 0.1) is 0 Å². The lowest BCUT2D eigenvalue weighted by Gasteiger charge is -2.32. The number of ether oxygens (including phenoxy) is 1. The van der Waals surface area contributed by atoms with Gasteiger partial charge in [-0.15, -0.1) is 0 Å². The van der Waals surface area contributed by atoms with Crippen molar-refractivity contribution in [3.63, 3.8) is 0 Å². The monoisotopic (exact) mass is 258 g/mol. The van der Waals surface area contributed by atoms with Gasteiger partial charge in [-0.3, -0.25) is 4.79 Å². The van der Waals surface area contributed by atoms with Crippen LogP contribution < -0.4 is 10.1 Å². The van der Waals surface area contributed by atoms with Gasteiger partial charge < -0.3 is 15.0 Å². The fraction of sp³-hybridized carbons (Fsp3) is 0.400. The first-order valence-corrected chi connectivity index (χ1v) is 6.68. The molecular weight excluding hydrogens is 240 g/mol. The highest BCUT2D eigenvalue weighted by molar-refractivity contribution is 5.83. The lowest BCUT2D eigenvalue weighted by Crippen LogP contribution is -2.48. The highest BCUT2D eigenvalue weighted by Crippen LogP contribution is 2.28. The van der Waals surface area contributed by atoms with Crippen LogP contribution >= 0.6 is 0 Å². The van der Waals surface area contributed by atoms with Gasteiger partial charge in [-0.2, -0.15) is 0 Å². The second kappa shape index (κ2) is 4.96. The molecule has 0 bridgehead atoms. The van der Waals surface area contributed by atoms with E-state index >= 15 is 0 Å². The van der Waals surface area contributed by atoms with Crippen molar-refractivity contribution < 1.29 is 9.53 Å². The van der Waals surface area contributed by atoms with E-state index in [1.807, 2.05) is 29.2 Å². The normalized spacial score (nSPS) is 21.8. The molecule has 0 spiro atoms. The van der Waals surface area contributed by atoms with Crippen LogP contribution in [0.3, 0.4) is 0 Å². The second-order valence-corrected chi connectivity index (χ2v) is 5.08. The first kappa shape index (κ1) is 12.1. The minimum absolute atomic E-state index is 0.0782. The average Bonchev–Trinajstić information content (AvgIpc) is 2.46. The van der Waals surface area contributed by atoms with E-state index in [-0.39, 0.29) is 5.91 Å². The number of para-hydroxylation sites is 2. The molecule has 0 aromatic heterocycles. The Labute approximate surface area is 113 Å². The molecule has 0 saturated heterocycles. The van der Waals surface area contributed by atoms with Crippen LogP contribution in [0.15, 0.2) is 35.9 Å². The smallest absolute Gasteiger partial charge is 0.265 e. The highest BCUT2D eigenvalue weighted by Gasteiger charge is 2.30. The highest BCUT2D eigenvalue weighted by atomic mass is 16.5. The number of rotatable bonds is 1. The van der Waals surface area contributed by atoms with Gasteiger partial charge in [-0.1, -0.05) is 23.8 Å². The molecule has 0 radical (unpaired) electrons. The summed E-state index contributed by atoms with van der Waals surface area (Å²) < 4.78 is 5.81. The van der Waals surface area contributed by atoms with E-state index in [2.05, 4.69) is 18.3 Å². The van der Waals surface area contributed by atoms with E-state index in [0.717, 1.165) is 30.9 Å². The van der Waals surface area contributed by atoms with Crippen LogP contribution in [0.4, 0.5) is 5.69 Å². The van der Waals surface area contributed by atoms with Crippen molar-refractivity contribution in [3.8, 4) is 5.75 Å². The van der Waals surface area contributed by atoms with E-state index < -0.39 is 6.10 Å². The number of anilines is 1. The predicted molar refractivity (Wildman–Crippen MR) is 74.3 cm³/mol. The number of nitrogens with zero attached hydrogens (tertiary/aromatic N) is 1. The molecule has 0 aliphatic carbocycles. The third-order valence-electron chi connectivity index (χ3n) is 3.55. The Kier molecular flexibility index (Phi) is 3.15. The van der Waals surface area contributed by atoms with Crippen molar-refractivity contribution in [2.24, 2.45) is 0 Å². The number of benzene rings is 1. The molecule has 2 aliphatic rings. The Hall–Kier alpha value is -1.97. The Bertz CT molecular complexity index is 525. The molecule has 4 nitrogen and oxygen atoms in total. The van der Waals surface area contributed by atoms with Gasteiger partial charge in [0.2, 0.25) is 0 Å². The van der Waals surface area contributed by atoms with Crippen molar-refractivity contribution in [1.82, 2.24) is 4.90 Å². The Balaban J connectivity index is 1.71. The van der Waals surface area contributed by atoms with E-state index in [4.69, 9.17) is 4.74 Å². The summed E-state index contributed by atoms with van der Waals surface area (Å²) in [6, 6.07) is 7.73. The van der Waals surface area contributed by atoms with Crippen LogP contribution in [0.2, 0.25) is 0 Å². The summed E-state index contributed by atoms with van der Waals surface area (Å²) in [7, 11) is 0. The van der Waals surface area contributed by atoms with Gasteiger partial charge in [0.15, 0.2) is 6.10 Å². The summed E-state index contributed by atoms with van der Waals surface area (Å²) in [5, 5.41) is 3.26. The summed E-state index contributed by atoms with van der Waals surface area (Å²) in [6.45, 7) is 4.11. The van der Waals surface area contributed by atoms with Crippen molar-refractivity contribution in [1.29, 1.82) is 0 Å². The number of carbonyl (C=O) groups excluding carboxylic acids is 1. The standard InChI is InChI=1S/C15H18N2O2/c1-11-5-4-8-17(10-11)15(18)14-9-16-12-6-2-3-7-13(12)19-14/h2-3,5-7,14,16H,4,8-10H2,1H3. The molecule has 0 fully saturated rings. The molecule has 2 aliphatic heterocycles. The maximum absolute atomic E-state index is 12.4. The van der Waals surface area contributed by atoms with E-state index in [9.17, 15) is 4.79 Å². The number of hydrogen-bond acceptors (Lipinski definition) is 3. The second-order valence-electron chi connectivity index (χ2n) is 5.08. The van der Waals surface area contributed by atoms with Crippen LogP contribution in [-0.4, -0.2) is 36.5 Å². The minimum Gasteiger partial charge on any atom is -0.477 e. The average molecular weight is 258 g/mol. The lowest BCUT2D eigenvalue weighted by atomic mass is 10.1. The molecule has 3 rings (SSSR count). The third-order valence-corrected chi connectivity index (χ3v) is 3.55. The van der Waals surface area contributed by atoms with Gasteiger partial charge in [0.05, 0.1) is 12.2 Å². The zero-order chi connectivity index (χ0) is 13.2. The molecule has 1 amide bonds. The van der Waals surface area contributed by atoms with Crippen molar-refractivity contribution in [3.05, 3.63) is 35.9 Å². The number of amides is 1. The largest absolute Gasteiger partial charge is 0.477 e. The molecule has 0 saturated carbocycles. The third kappa shape index (κ3) is 2.43. The van der Waals surface area contributed by atoms with Crippen LogP contribution in [0.1, 0.15) is 13.3 Å². The Morgan fingerprint density at radius 1 is 1.42 bits per heavy atom. The van der Waals surface area contributed by atoms with Gasteiger partial charge in [0.1, 0.15) is 5.75 Å². The first-order chi connectivity index (χ1) is 9.24. The predicted octanol–water partition coefficient (Wildman–Crippen LogP) is 2.04. The molecule has 1 aromatic rings. The van der Waals surface area contributed by atoms with Crippen molar-refractivity contribution in [2.75, 3.05) is 25.0 Å². The lowest BCUT2D eigenvalue weighted by molar-refractivity contribution is -0.138. The summed E-state index contributed by atoms with van der Waals surface area (Å²) in [5.74, 6) is 0.839. The molecule has 1 unspecified atom stereocenters. The first-order valence-electron chi connectivity index (χ1n) is 6.68. The van der Waals surface area contributed by atoms with Crippen LogP contribution in [0.25, 0.3) is 0 Å². The summed E-state index contributed by atoms with van der Waals surface area (Å²) in [6.07, 6.45) is 2.72. The van der Waals surface area contributed by atoms with Crippen LogP contribution in [-0.2, 0) is 4.79 Å². The molecule has 19 heavy (non-hydrogen) atoms. The Morgan fingerprint density at radius 2 is 2.26 bits per heavy atom. The topological polar surface area (TPSA) is 41.6 Å². The summed E-state index contributed by atoms with van der Waals surface area (Å²) in [4.78, 5) is 14.3. The van der Waals surface area contributed by atoms with E-state index in [0.29, 0.717) is 6.54 Å². The fourth-order valence-electron chi connectivity index (χ4n) is 2.55. The van der Waals surface area contributed by atoms with Crippen LogP contribution in [0.5, 0.6) is 5.75 Å². The number of fused-ring (bicyclic) bond motifs is 1. The SMILES string of the molecule is CC1=CCCN(C(=O)C2CNc3ccccc3O2)C1. The molecule has 2 heterocycles. The van der Waals surface area contributed by atoms with Gasteiger partial charge in [-0.05, 0) is 25.5 Å². The van der Waals surface area contributed by atoms with E-state index in [1.54, 1.807) is 0 Å². The molecule has 100 valence electrons. The van der Waals surface area contributed by atoms with Gasteiger partial charge in [0, 0.05) is 13.1 Å². The fourth-order valence-corrected chi connectivity index (χ4v) is 2.55. The summed E-state index contributed by atoms with van der Waals surface area (Å²) >= 11 is 0. The maximum Gasteiger partial charge on any atom is 0.265 e. The minimum atomic E-state index is -0.416. The molecule has 1 atom stereocenters. The molecule has 4 heteroatoms. The zero-order valence-electron chi connectivity index (χ0n) is 11.1. The maximum atomic E-state index is 12.4. The Morgan fingerprint density at radius 3 is 3.11 bits per heavy atom. The number of hydrogen-bond donors (Lipinski definition) is 1. The van der Waals surface area contributed by atoms with Crippen molar-refractivity contribution in [2.45, 2.75) is 19.4 Å². The van der Waals surface area contributed by atoms with Gasteiger partial charge >= 0.3 is 0 Å². The van der Waals surface area contributed by atoms with Gasteiger partial charge in [0.25, 0.3) is 5.91 Å². The summed E-state index contributed by atoms with van der Waals surface area (Å²) in [5.41, 5.74) is 2.21. The quantitative estimate of drug-likeness (QED) is 0.784. The molecule has 1 aromatic carbocycles. The number of nitrogens with one attached hydrogen (secondary N) is 1.